The van der Waals surface area contributed by atoms with Gasteiger partial charge in [0.1, 0.15) is 0 Å². The Morgan fingerprint density at radius 1 is 1.33 bits per heavy atom. The van der Waals surface area contributed by atoms with Crippen LogP contribution in [0.15, 0.2) is 10.2 Å². The summed E-state index contributed by atoms with van der Waals surface area (Å²) in [6.07, 6.45) is 3.58. The first-order valence-electron chi connectivity index (χ1n) is 4.23. The van der Waals surface area contributed by atoms with Crippen LogP contribution in [0.3, 0.4) is 0 Å². The molecule has 0 spiro atoms. The lowest BCUT2D eigenvalue weighted by molar-refractivity contribution is 0.0410. The summed E-state index contributed by atoms with van der Waals surface area (Å²) in [6.45, 7) is 5.33. The Hall–Kier alpha value is 0.330. The van der Waals surface area contributed by atoms with Crippen molar-refractivity contribution in [1.82, 2.24) is 0 Å². The highest BCUT2D eigenvalue weighted by atomic mass is 127. The number of rotatable bonds is 6. The Bertz CT molecular complexity index is 143. The summed E-state index contributed by atoms with van der Waals surface area (Å²) in [5, 5.41) is 0. The van der Waals surface area contributed by atoms with E-state index in [1.165, 1.54) is 0 Å². The second-order valence-corrected chi connectivity index (χ2v) is 4.22. The van der Waals surface area contributed by atoms with Crippen molar-refractivity contribution in [2.75, 3.05) is 0 Å². The number of alkyl halides is 2. The van der Waals surface area contributed by atoms with E-state index in [1.807, 2.05) is 0 Å². The maximum atomic E-state index is 12.9. The van der Waals surface area contributed by atoms with E-state index in [0.29, 0.717) is 6.42 Å². The molecule has 0 atom stereocenters. The van der Waals surface area contributed by atoms with E-state index in [-0.39, 0.29) is 10.0 Å². The van der Waals surface area contributed by atoms with E-state index in [9.17, 15) is 8.78 Å². The average molecular weight is 288 g/mol. The van der Waals surface area contributed by atoms with Crippen LogP contribution in [0, 0.1) is 0 Å². The normalized spacial score (nSPS) is 11.7. The van der Waals surface area contributed by atoms with Gasteiger partial charge in [-0.2, -0.15) is 0 Å². The molecular formula is C9H15F2I. The molecule has 0 radical (unpaired) electrons. The minimum absolute atomic E-state index is 0.0448. The maximum absolute atomic E-state index is 12.9. The zero-order valence-corrected chi connectivity index (χ0v) is 9.53. The highest BCUT2D eigenvalue weighted by Crippen LogP contribution is 2.32. The Labute approximate surface area is 86.6 Å². The van der Waals surface area contributed by atoms with E-state index >= 15 is 0 Å². The topological polar surface area (TPSA) is 0 Å². The fourth-order valence-electron chi connectivity index (χ4n) is 0.909. The Kier molecular flexibility index (Phi) is 6.05. The highest BCUT2D eigenvalue weighted by Gasteiger charge is 2.29. The first-order chi connectivity index (χ1) is 5.50. The third-order valence-corrected chi connectivity index (χ3v) is 2.53. The standard InChI is InChI=1S/C9H15F2I/c1-3-4-5-6-7-9(10,11)8(2)12/h2-7H2,1H3. The van der Waals surface area contributed by atoms with Crippen LogP contribution in [0.4, 0.5) is 8.78 Å². The van der Waals surface area contributed by atoms with Crippen LogP contribution in [0.5, 0.6) is 0 Å². The molecule has 3 heteroatoms. The molecule has 0 aliphatic heterocycles. The summed E-state index contributed by atoms with van der Waals surface area (Å²) in [6, 6.07) is 0. The predicted octanol–water partition coefficient (Wildman–Crippen LogP) is 4.54. The van der Waals surface area contributed by atoms with Gasteiger partial charge in [0.25, 0.3) is 5.92 Å². The van der Waals surface area contributed by atoms with E-state index in [4.69, 9.17) is 0 Å². The number of hydrogen-bond acceptors (Lipinski definition) is 0. The molecule has 0 saturated heterocycles. The molecule has 0 aliphatic carbocycles. The SMILES string of the molecule is C=C(I)C(F)(F)CCCCCC. The molecule has 0 aliphatic rings. The van der Waals surface area contributed by atoms with Crippen molar-refractivity contribution in [3.05, 3.63) is 10.2 Å². The third-order valence-electron chi connectivity index (χ3n) is 1.74. The van der Waals surface area contributed by atoms with Gasteiger partial charge in [-0.15, -0.1) is 0 Å². The predicted molar refractivity (Wildman–Crippen MR) is 56.9 cm³/mol. The Morgan fingerprint density at radius 2 is 1.92 bits per heavy atom. The molecule has 0 rings (SSSR count). The molecule has 0 unspecified atom stereocenters. The van der Waals surface area contributed by atoms with Gasteiger partial charge < -0.3 is 0 Å². The van der Waals surface area contributed by atoms with Crippen LogP contribution in [0.1, 0.15) is 39.0 Å². The minimum Gasteiger partial charge on any atom is -0.201 e. The first-order valence-corrected chi connectivity index (χ1v) is 5.31. The molecule has 0 aromatic rings. The number of halogens is 3. The number of allylic oxidation sites excluding steroid dienone is 1. The van der Waals surface area contributed by atoms with Crippen molar-refractivity contribution < 1.29 is 8.78 Å². The molecule has 72 valence electrons. The third kappa shape index (κ3) is 5.06. The molecule has 12 heavy (non-hydrogen) atoms. The van der Waals surface area contributed by atoms with Crippen LogP contribution < -0.4 is 0 Å². The summed E-state index contributed by atoms with van der Waals surface area (Å²) >= 11 is 1.60. The molecule has 0 fully saturated rings. The van der Waals surface area contributed by atoms with Crippen molar-refractivity contribution in [2.24, 2.45) is 0 Å². The van der Waals surface area contributed by atoms with Gasteiger partial charge in [0.05, 0.1) is 3.58 Å². The molecule has 0 aromatic heterocycles. The molecule has 0 bridgehead atoms. The van der Waals surface area contributed by atoms with Crippen LogP contribution in [0.25, 0.3) is 0 Å². The Morgan fingerprint density at radius 3 is 2.33 bits per heavy atom. The van der Waals surface area contributed by atoms with Gasteiger partial charge in [-0.3, -0.25) is 0 Å². The largest absolute Gasteiger partial charge is 0.278 e. The van der Waals surface area contributed by atoms with Crippen molar-refractivity contribution in [1.29, 1.82) is 0 Å². The minimum atomic E-state index is -2.66. The average Bonchev–Trinajstić information content (AvgIpc) is 1.98. The number of hydrogen-bond donors (Lipinski definition) is 0. The smallest absolute Gasteiger partial charge is 0.201 e. The van der Waals surface area contributed by atoms with Crippen LogP contribution in [-0.4, -0.2) is 5.92 Å². The zero-order valence-electron chi connectivity index (χ0n) is 7.38. The second-order valence-electron chi connectivity index (χ2n) is 2.92. The maximum Gasteiger partial charge on any atom is 0.278 e. The zero-order chi connectivity index (χ0) is 9.61. The molecule has 0 nitrogen and oxygen atoms in total. The van der Waals surface area contributed by atoms with E-state index in [2.05, 4.69) is 13.5 Å². The van der Waals surface area contributed by atoms with Crippen LogP contribution in [-0.2, 0) is 0 Å². The molecule has 0 aromatic carbocycles. The number of unbranched alkanes of at least 4 members (excludes halogenated alkanes) is 3. The van der Waals surface area contributed by atoms with Crippen molar-refractivity contribution in [2.45, 2.75) is 45.0 Å². The summed E-state index contributed by atoms with van der Waals surface area (Å²) in [7, 11) is 0. The fourth-order valence-corrected chi connectivity index (χ4v) is 1.18. The summed E-state index contributed by atoms with van der Waals surface area (Å²) in [4.78, 5) is 0. The van der Waals surface area contributed by atoms with Gasteiger partial charge in [0.15, 0.2) is 0 Å². The van der Waals surface area contributed by atoms with Crippen LogP contribution in [0.2, 0.25) is 0 Å². The van der Waals surface area contributed by atoms with E-state index < -0.39 is 5.92 Å². The lowest BCUT2D eigenvalue weighted by atomic mass is 10.1. The second kappa shape index (κ2) is 5.89. The van der Waals surface area contributed by atoms with Gasteiger partial charge >= 0.3 is 0 Å². The summed E-state index contributed by atoms with van der Waals surface area (Å²) in [5.41, 5.74) is 0. The van der Waals surface area contributed by atoms with Gasteiger partial charge in [0.2, 0.25) is 0 Å². The lowest BCUT2D eigenvalue weighted by Gasteiger charge is -2.14. The monoisotopic (exact) mass is 288 g/mol. The molecular weight excluding hydrogens is 273 g/mol. The van der Waals surface area contributed by atoms with Gasteiger partial charge in [-0.25, -0.2) is 8.78 Å². The summed E-state index contributed by atoms with van der Waals surface area (Å²) < 4.78 is 25.7. The fraction of sp³-hybridized carbons (Fsp3) is 0.778. The van der Waals surface area contributed by atoms with E-state index in [0.717, 1.165) is 19.3 Å². The molecule has 0 amide bonds. The van der Waals surface area contributed by atoms with Crippen LogP contribution >= 0.6 is 22.6 Å². The molecule has 0 saturated carbocycles. The lowest BCUT2D eigenvalue weighted by Crippen LogP contribution is -2.14. The quantitative estimate of drug-likeness (QED) is 0.497. The highest BCUT2D eigenvalue weighted by molar-refractivity contribution is 14.1. The van der Waals surface area contributed by atoms with Gasteiger partial charge in [-0.05, 0) is 29.0 Å². The van der Waals surface area contributed by atoms with Crippen molar-refractivity contribution >= 4 is 22.6 Å². The van der Waals surface area contributed by atoms with E-state index in [1.54, 1.807) is 22.6 Å². The Balaban J connectivity index is 3.54. The summed E-state index contributed by atoms with van der Waals surface area (Å²) in [5.74, 6) is -2.66. The van der Waals surface area contributed by atoms with Gasteiger partial charge in [0, 0.05) is 6.42 Å². The first kappa shape index (κ1) is 12.3. The van der Waals surface area contributed by atoms with Gasteiger partial charge in [-0.1, -0.05) is 32.8 Å². The van der Waals surface area contributed by atoms with Crippen molar-refractivity contribution in [3.63, 3.8) is 0 Å². The van der Waals surface area contributed by atoms with Crippen molar-refractivity contribution in [3.8, 4) is 0 Å². The molecule has 0 N–H and O–H groups in total. The molecule has 0 heterocycles.